The van der Waals surface area contributed by atoms with Crippen molar-refractivity contribution in [2.24, 2.45) is 0 Å². The van der Waals surface area contributed by atoms with Crippen LogP contribution in [0, 0.1) is 0 Å². The van der Waals surface area contributed by atoms with Crippen molar-refractivity contribution in [2.75, 3.05) is 19.0 Å². The number of rotatable bonds is 5. The Labute approximate surface area is 145 Å². The molecule has 1 aromatic carbocycles. The minimum Gasteiger partial charge on any atom is -0.486 e. The monoisotopic (exact) mass is 344 g/mol. The van der Waals surface area contributed by atoms with E-state index in [9.17, 15) is 4.79 Å². The summed E-state index contributed by atoms with van der Waals surface area (Å²) in [6.45, 7) is 5.07. The van der Waals surface area contributed by atoms with Crippen LogP contribution in [-0.2, 0) is 10.3 Å². The molecular weight excluding hydrogens is 324 g/mol. The molecule has 0 fully saturated rings. The summed E-state index contributed by atoms with van der Waals surface area (Å²) in [5.41, 5.74) is 0.486. The van der Waals surface area contributed by atoms with Crippen molar-refractivity contribution in [1.82, 2.24) is 10.3 Å². The molecule has 0 atom stereocenters. The molecule has 0 bridgehead atoms. The van der Waals surface area contributed by atoms with Crippen molar-refractivity contribution >= 4 is 17.7 Å². The third-order valence-corrected chi connectivity index (χ3v) is 4.75. The van der Waals surface area contributed by atoms with E-state index in [-0.39, 0.29) is 5.91 Å². The first-order chi connectivity index (χ1) is 11.5. The molecule has 2 heterocycles. The maximum absolute atomic E-state index is 12.3. The average Bonchev–Trinajstić information content (AvgIpc) is 2.60. The molecule has 0 saturated heterocycles. The molecule has 2 aromatic rings. The van der Waals surface area contributed by atoms with Crippen molar-refractivity contribution in [3.8, 4) is 11.5 Å². The number of benzene rings is 1. The summed E-state index contributed by atoms with van der Waals surface area (Å²) in [5, 5.41) is 3.08. The third kappa shape index (κ3) is 4.00. The van der Waals surface area contributed by atoms with Gasteiger partial charge in [-0.3, -0.25) is 9.78 Å². The van der Waals surface area contributed by atoms with Gasteiger partial charge in [-0.1, -0.05) is 6.07 Å². The van der Waals surface area contributed by atoms with Crippen LogP contribution in [0.4, 0.5) is 0 Å². The number of hydrogen-bond donors (Lipinski definition) is 1. The standard InChI is InChI=1S/C18H20N2O3S/c1-18(2,13-3-4-15-16(11-13)23-10-9-22-15)20-17(21)12-24-14-5-7-19-8-6-14/h3-8,11H,9-10,12H2,1-2H3,(H,20,21). The predicted molar refractivity (Wildman–Crippen MR) is 93.6 cm³/mol. The average molecular weight is 344 g/mol. The summed E-state index contributed by atoms with van der Waals surface area (Å²) < 4.78 is 11.2. The van der Waals surface area contributed by atoms with E-state index in [2.05, 4.69) is 10.3 Å². The second-order valence-electron chi connectivity index (χ2n) is 6.00. The van der Waals surface area contributed by atoms with Gasteiger partial charge in [0, 0.05) is 17.3 Å². The Morgan fingerprint density at radius 2 is 1.88 bits per heavy atom. The van der Waals surface area contributed by atoms with E-state index in [0.29, 0.717) is 19.0 Å². The SMILES string of the molecule is CC(C)(NC(=O)CSc1ccncc1)c1ccc2c(c1)OCCO2. The van der Waals surface area contributed by atoms with E-state index in [4.69, 9.17) is 9.47 Å². The molecular formula is C18H20N2O3S. The molecule has 6 heteroatoms. The van der Waals surface area contributed by atoms with Gasteiger partial charge in [-0.15, -0.1) is 11.8 Å². The van der Waals surface area contributed by atoms with Gasteiger partial charge < -0.3 is 14.8 Å². The first kappa shape index (κ1) is 16.6. The van der Waals surface area contributed by atoms with E-state index >= 15 is 0 Å². The van der Waals surface area contributed by atoms with Gasteiger partial charge in [0.2, 0.25) is 5.91 Å². The number of pyridine rings is 1. The lowest BCUT2D eigenvalue weighted by Crippen LogP contribution is -2.42. The first-order valence-corrected chi connectivity index (χ1v) is 8.77. The van der Waals surface area contributed by atoms with Gasteiger partial charge in [-0.2, -0.15) is 0 Å². The Kier molecular flexibility index (Phi) is 4.94. The van der Waals surface area contributed by atoms with Crippen molar-refractivity contribution < 1.29 is 14.3 Å². The van der Waals surface area contributed by atoms with Crippen LogP contribution in [0.25, 0.3) is 0 Å². The number of ether oxygens (including phenoxy) is 2. The second kappa shape index (κ2) is 7.13. The summed E-state index contributed by atoms with van der Waals surface area (Å²) >= 11 is 1.49. The summed E-state index contributed by atoms with van der Waals surface area (Å²) in [7, 11) is 0. The number of amides is 1. The molecule has 5 nitrogen and oxygen atoms in total. The Hall–Kier alpha value is -2.21. The van der Waals surface area contributed by atoms with Gasteiger partial charge in [-0.05, 0) is 43.7 Å². The summed E-state index contributed by atoms with van der Waals surface area (Å²) in [6.07, 6.45) is 3.44. The van der Waals surface area contributed by atoms with Crippen LogP contribution in [0.5, 0.6) is 11.5 Å². The highest BCUT2D eigenvalue weighted by molar-refractivity contribution is 8.00. The summed E-state index contributed by atoms with van der Waals surface area (Å²) in [4.78, 5) is 17.3. The Balaban J connectivity index is 1.63. The molecule has 1 aliphatic rings. The molecule has 1 aromatic heterocycles. The minimum absolute atomic E-state index is 0.0169. The second-order valence-corrected chi connectivity index (χ2v) is 7.05. The number of thioether (sulfide) groups is 1. The normalized spacial score (nSPS) is 13.4. The van der Waals surface area contributed by atoms with Crippen LogP contribution in [-0.4, -0.2) is 29.9 Å². The zero-order valence-corrected chi connectivity index (χ0v) is 14.6. The van der Waals surface area contributed by atoms with E-state index in [1.807, 2.05) is 44.2 Å². The molecule has 1 aliphatic heterocycles. The van der Waals surface area contributed by atoms with Gasteiger partial charge in [0.25, 0.3) is 0 Å². The quantitative estimate of drug-likeness (QED) is 0.845. The molecule has 24 heavy (non-hydrogen) atoms. The smallest absolute Gasteiger partial charge is 0.231 e. The van der Waals surface area contributed by atoms with Crippen molar-refractivity contribution in [3.05, 3.63) is 48.3 Å². The molecule has 0 saturated carbocycles. The number of hydrogen-bond acceptors (Lipinski definition) is 5. The number of carbonyl (C=O) groups excluding carboxylic acids is 1. The van der Waals surface area contributed by atoms with Crippen LogP contribution < -0.4 is 14.8 Å². The summed E-state index contributed by atoms with van der Waals surface area (Å²) in [5.74, 6) is 1.82. The summed E-state index contributed by atoms with van der Waals surface area (Å²) in [6, 6.07) is 9.58. The lowest BCUT2D eigenvalue weighted by Gasteiger charge is -2.28. The zero-order chi connectivity index (χ0) is 17.0. The predicted octanol–water partition coefficient (Wildman–Crippen LogP) is 3.00. The van der Waals surface area contributed by atoms with Gasteiger partial charge in [0.1, 0.15) is 13.2 Å². The van der Waals surface area contributed by atoms with E-state index in [1.165, 1.54) is 11.8 Å². The largest absolute Gasteiger partial charge is 0.486 e. The zero-order valence-electron chi connectivity index (χ0n) is 13.7. The van der Waals surface area contributed by atoms with E-state index in [0.717, 1.165) is 22.0 Å². The molecule has 1 amide bonds. The molecule has 3 rings (SSSR count). The fourth-order valence-corrected chi connectivity index (χ4v) is 3.16. The highest BCUT2D eigenvalue weighted by atomic mass is 32.2. The Morgan fingerprint density at radius 1 is 1.17 bits per heavy atom. The fraction of sp³-hybridized carbons (Fsp3) is 0.333. The lowest BCUT2D eigenvalue weighted by molar-refractivity contribution is -0.120. The highest BCUT2D eigenvalue weighted by Gasteiger charge is 2.25. The minimum atomic E-state index is -0.494. The van der Waals surface area contributed by atoms with Gasteiger partial charge in [0.05, 0.1) is 11.3 Å². The molecule has 0 spiro atoms. The molecule has 1 N–H and O–H groups in total. The number of nitrogens with zero attached hydrogens (tertiary/aromatic N) is 1. The lowest BCUT2D eigenvalue weighted by atomic mass is 9.93. The molecule has 126 valence electrons. The number of nitrogens with one attached hydrogen (secondary N) is 1. The molecule has 0 radical (unpaired) electrons. The third-order valence-electron chi connectivity index (χ3n) is 3.74. The van der Waals surface area contributed by atoms with Crippen molar-refractivity contribution in [2.45, 2.75) is 24.3 Å². The van der Waals surface area contributed by atoms with Crippen molar-refractivity contribution in [1.29, 1.82) is 0 Å². The van der Waals surface area contributed by atoms with Gasteiger partial charge in [0.15, 0.2) is 11.5 Å². The van der Waals surface area contributed by atoms with Crippen LogP contribution >= 0.6 is 11.8 Å². The van der Waals surface area contributed by atoms with Gasteiger partial charge in [-0.25, -0.2) is 0 Å². The fourth-order valence-electron chi connectivity index (χ4n) is 2.47. The van der Waals surface area contributed by atoms with Crippen LogP contribution in [0.1, 0.15) is 19.4 Å². The number of aromatic nitrogens is 1. The number of carbonyl (C=O) groups is 1. The van der Waals surface area contributed by atoms with Crippen LogP contribution in [0.3, 0.4) is 0 Å². The maximum atomic E-state index is 12.3. The molecule has 0 unspecified atom stereocenters. The highest BCUT2D eigenvalue weighted by Crippen LogP contribution is 2.34. The van der Waals surface area contributed by atoms with Gasteiger partial charge >= 0.3 is 0 Å². The Morgan fingerprint density at radius 3 is 2.62 bits per heavy atom. The molecule has 0 aliphatic carbocycles. The van der Waals surface area contributed by atoms with E-state index < -0.39 is 5.54 Å². The van der Waals surface area contributed by atoms with Crippen LogP contribution in [0.15, 0.2) is 47.6 Å². The maximum Gasteiger partial charge on any atom is 0.231 e. The number of fused-ring (bicyclic) bond motifs is 1. The Bertz CT molecular complexity index is 719. The van der Waals surface area contributed by atoms with E-state index in [1.54, 1.807) is 12.4 Å². The first-order valence-electron chi connectivity index (χ1n) is 7.78. The van der Waals surface area contributed by atoms with Crippen molar-refractivity contribution in [3.63, 3.8) is 0 Å². The topological polar surface area (TPSA) is 60.5 Å². The van der Waals surface area contributed by atoms with Crippen LogP contribution in [0.2, 0.25) is 0 Å².